The zero-order valence-electron chi connectivity index (χ0n) is 12.0. The average molecular weight is 294 g/mol. The van der Waals surface area contributed by atoms with E-state index in [4.69, 9.17) is 0 Å². The maximum Gasteiger partial charge on any atom is 0.239 e. The predicted octanol–water partition coefficient (Wildman–Crippen LogP) is 1.98. The van der Waals surface area contributed by atoms with Gasteiger partial charge in [-0.15, -0.1) is 0 Å². The molecule has 0 bridgehead atoms. The molecule has 0 saturated carbocycles. The quantitative estimate of drug-likeness (QED) is 0.926. The van der Waals surface area contributed by atoms with Gasteiger partial charge >= 0.3 is 0 Å². The van der Waals surface area contributed by atoms with E-state index in [1.165, 1.54) is 31.2 Å². The predicted molar refractivity (Wildman–Crippen MR) is 81.7 cm³/mol. The number of hydrogen-bond acceptors (Lipinski definition) is 4. The van der Waals surface area contributed by atoms with Gasteiger partial charge in [-0.05, 0) is 25.9 Å². The summed E-state index contributed by atoms with van der Waals surface area (Å²) >= 11 is 1.86. The van der Waals surface area contributed by atoms with Crippen molar-refractivity contribution in [3.63, 3.8) is 0 Å². The Bertz CT molecular complexity index is 492. The molecule has 6 heteroatoms. The third-order valence-corrected chi connectivity index (χ3v) is 5.01. The van der Waals surface area contributed by atoms with Gasteiger partial charge in [-0.1, -0.05) is 12.8 Å². The van der Waals surface area contributed by atoms with Gasteiger partial charge in [-0.25, -0.2) is 0 Å². The number of carbonyl (C=O) groups is 1. The first-order chi connectivity index (χ1) is 9.74. The summed E-state index contributed by atoms with van der Waals surface area (Å²) in [4.78, 5) is 14.5. The normalized spacial score (nSPS) is 19.6. The second kappa shape index (κ2) is 6.18. The number of hydrogen-bond donors (Lipinski definition) is 1. The number of nitrogens with zero attached hydrogens (tertiary/aromatic N) is 3. The Labute approximate surface area is 124 Å². The lowest BCUT2D eigenvalue weighted by Gasteiger charge is -2.19. The molecular weight excluding hydrogens is 272 g/mol. The number of thioether (sulfide) groups is 1. The van der Waals surface area contributed by atoms with Gasteiger partial charge < -0.3 is 5.32 Å². The van der Waals surface area contributed by atoms with Crippen molar-refractivity contribution in [2.45, 2.75) is 37.2 Å². The summed E-state index contributed by atoms with van der Waals surface area (Å²) in [5.74, 6) is 2.91. The molecule has 0 aliphatic carbocycles. The standard InChI is InChI=1S/C14H22N4OS/c1-17-14(11-9-20-10-12(11)16-17)15-13(19)8-18-6-4-2-3-5-7-18/h2-10H2,1H3,(H,15,19). The minimum Gasteiger partial charge on any atom is -0.310 e. The summed E-state index contributed by atoms with van der Waals surface area (Å²) in [5.41, 5.74) is 2.34. The van der Waals surface area contributed by atoms with Gasteiger partial charge in [-0.3, -0.25) is 14.4 Å². The van der Waals surface area contributed by atoms with E-state index >= 15 is 0 Å². The lowest BCUT2D eigenvalue weighted by Crippen LogP contribution is -2.34. The van der Waals surface area contributed by atoms with Gasteiger partial charge in [0.25, 0.3) is 0 Å². The molecule has 20 heavy (non-hydrogen) atoms. The van der Waals surface area contributed by atoms with Gasteiger partial charge in [0.2, 0.25) is 5.91 Å². The van der Waals surface area contributed by atoms with Crippen molar-refractivity contribution < 1.29 is 4.79 Å². The molecule has 3 heterocycles. The molecule has 1 aromatic heterocycles. The first kappa shape index (κ1) is 13.9. The highest BCUT2D eigenvalue weighted by Crippen LogP contribution is 2.34. The fraction of sp³-hybridized carbons (Fsp3) is 0.714. The van der Waals surface area contributed by atoms with Crippen molar-refractivity contribution in [3.8, 4) is 0 Å². The SMILES string of the molecule is Cn1nc2c(c1NC(=O)CN1CCCCCC1)CSC2. The number of carbonyl (C=O) groups excluding carboxylic acids is 1. The molecule has 1 fully saturated rings. The van der Waals surface area contributed by atoms with Crippen LogP contribution in [0.4, 0.5) is 5.82 Å². The Kier molecular flexibility index (Phi) is 4.31. The third kappa shape index (κ3) is 3.01. The van der Waals surface area contributed by atoms with Crippen LogP contribution in [0.2, 0.25) is 0 Å². The van der Waals surface area contributed by atoms with Crippen LogP contribution in [0.1, 0.15) is 36.9 Å². The van der Waals surface area contributed by atoms with Gasteiger partial charge in [0.05, 0.1) is 12.2 Å². The van der Waals surface area contributed by atoms with Crippen LogP contribution in [0.5, 0.6) is 0 Å². The largest absolute Gasteiger partial charge is 0.310 e. The Morgan fingerprint density at radius 1 is 1.25 bits per heavy atom. The molecule has 0 aromatic carbocycles. The summed E-state index contributed by atoms with van der Waals surface area (Å²) in [6.45, 7) is 2.60. The van der Waals surface area contributed by atoms with E-state index in [0.717, 1.165) is 36.1 Å². The Morgan fingerprint density at radius 2 is 2.00 bits per heavy atom. The first-order valence-corrected chi connectivity index (χ1v) is 8.54. The van der Waals surface area contributed by atoms with Crippen molar-refractivity contribution in [3.05, 3.63) is 11.3 Å². The number of anilines is 1. The monoisotopic (exact) mass is 294 g/mol. The molecule has 0 unspecified atom stereocenters. The average Bonchev–Trinajstić information content (AvgIpc) is 2.85. The lowest BCUT2D eigenvalue weighted by atomic mass is 10.2. The van der Waals surface area contributed by atoms with E-state index in [1.807, 2.05) is 23.5 Å². The highest BCUT2D eigenvalue weighted by molar-refractivity contribution is 7.98. The van der Waals surface area contributed by atoms with Crippen LogP contribution in [0.25, 0.3) is 0 Å². The fourth-order valence-electron chi connectivity index (χ4n) is 2.97. The molecule has 0 radical (unpaired) electrons. The van der Waals surface area contributed by atoms with Gasteiger partial charge in [0.15, 0.2) is 0 Å². The van der Waals surface area contributed by atoms with Gasteiger partial charge in [0.1, 0.15) is 5.82 Å². The number of aromatic nitrogens is 2. The minimum atomic E-state index is 0.0922. The van der Waals surface area contributed by atoms with Crippen molar-refractivity contribution in [2.75, 3.05) is 25.0 Å². The summed E-state index contributed by atoms with van der Waals surface area (Å²) in [6, 6.07) is 0. The van der Waals surface area contributed by atoms with Gasteiger partial charge in [0, 0.05) is 24.1 Å². The number of nitrogens with one attached hydrogen (secondary N) is 1. The molecular formula is C14H22N4OS. The highest BCUT2D eigenvalue weighted by atomic mass is 32.2. The highest BCUT2D eigenvalue weighted by Gasteiger charge is 2.23. The smallest absolute Gasteiger partial charge is 0.239 e. The summed E-state index contributed by atoms with van der Waals surface area (Å²) in [7, 11) is 1.91. The third-order valence-electron chi connectivity index (χ3n) is 4.04. The number of rotatable bonds is 3. The molecule has 2 aliphatic rings. The molecule has 1 amide bonds. The zero-order chi connectivity index (χ0) is 13.9. The molecule has 1 N–H and O–H groups in total. The minimum absolute atomic E-state index is 0.0922. The van der Waals surface area contributed by atoms with Crippen LogP contribution in [-0.2, 0) is 23.3 Å². The second-order valence-electron chi connectivity index (χ2n) is 5.63. The molecule has 0 spiro atoms. The van der Waals surface area contributed by atoms with Crippen molar-refractivity contribution in [2.24, 2.45) is 7.05 Å². The van der Waals surface area contributed by atoms with Crippen molar-refractivity contribution in [1.29, 1.82) is 0 Å². The van der Waals surface area contributed by atoms with Crippen molar-refractivity contribution in [1.82, 2.24) is 14.7 Å². The zero-order valence-corrected chi connectivity index (χ0v) is 12.8. The molecule has 1 saturated heterocycles. The fourth-order valence-corrected chi connectivity index (χ4v) is 4.00. The van der Waals surface area contributed by atoms with Crippen LogP contribution in [0.15, 0.2) is 0 Å². The van der Waals surface area contributed by atoms with Crippen molar-refractivity contribution >= 4 is 23.5 Å². The van der Waals surface area contributed by atoms with Crippen LogP contribution < -0.4 is 5.32 Å². The van der Waals surface area contributed by atoms with Crippen LogP contribution in [0.3, 0.4) is 0 Å². The lowest BCUT2D eigenvalue weighted by molar-refractivity contribution is -0.117. The van der Waals surface area contributed by atoms with Crippen LogP contribution in [-0.4, -0.2) is 40.2 Å². The topological polar surface area (TPSA) is 50.2 Å². The molecule has 2 aliphatic heterocycles. The van der Waals surface area contributed by atoms with Gasteiger partial charge in [-0.2, -0.15) is 16.9 Å². The second-order valence-corrected chi connectivity index (χ2v) is 6.61. The van der Waals surface area contributed by atoms with E-state index in [0.29, 0.717) is 6.54 Å². The van der Waals surface area contributed by atoms with E-state index in [1.54, 1.807) is 0 Å². The number of fused-ring (bicyclic) bond motifs is 1. The Balaban J connectivity index is 1.61. The Morgan fingerprint density at radius 3 is 2.75 bits per heavy atom. The molecule has 110 valence electrons. The summed E-state index contributed by atoms with van der Waals surface area (Å²) in [5, 5.41) is 7.54. The number of aryl methyl sites for hydroxylation is 1. The Hall–Kier alpha value is -1.01. The van der Waals surface area contributed by atoms with E-state index < -0.39 is 0 Å². The molecule has 3 rings (SSSR count). The van der Waals surface area contributed by atoms with Crippen LogP contribution >= 0.6 is 11.8 Å². The van der Waals surface area contributed by atoms with E-state index in [9.17, 15) is 4.79 Å². The molecule has 1 aromatic rings. The number of likely N-dealkylation sites (tertiary alicyclic amines) is 1. The molecule has 0 atom stereocenters. The number of amides is 1. The summed E-state index contributed by atoms with van der Waals surface area (Å²) < 4.78 is 1.81. The van der Waals surface area contributed by atoms with Crippen LogP contribution in [0, 0.1) is 0 Å². The van der Waals surface area contributed by atoms with E-state index in [-0.39, 0.29) is 5.91 Å². The molecule has 5 nitrogen and oxygen atoms in total. The van der Waals surface area contributed by atoms with E-state index in [2.05, 4.69) is 15.3 Å². The maximum atomic E-state index is 12.2. The first-order valence-electron chi connectivity index (χ1n) is 7.39. The summed E-state index contributed by atoms with van der Waals surface area (Å²) in [6.07, 6.45) is 5.02. The maximum absolute atomic E-state index is 12.2.